The van der Waals surface area contributed by atoms with E-state index in [2.05, 4.69) is 45.1 Å². The third kappa shape index (κ3) is 3.53. The highest BCUT2D eigenvalue weighted by molar-refractivity contribution is 9.10. The fourth-order valence-electron chi connectivity index (χ4n) is 1.84. The average molecular weight is 312 g/mol. The van der Waals surface area contributed by atoms with Crippen molar-refractivity contribution in [3.05, 3.63) is 28.5 Å². The lowest BCUT2D eigenvalue weighted by Crippen LogP contribution is -2.41. The fraction of sp³-hybridized carbons (Fsp3) is 0.538. The van der Waals surface area contributed by atoms with E-state index in [1.807, 2.05) is 0 Å². The average Bonchev–Trinajstić information content (AvgIpc) is 3.19. The minimum atomic E-state index is -0.0638. The minimum Gasteiger partial charge on any atom is -0.350 e. The Morgan fingerprint density at radius 1 is 1.61 bits per heavy atom. The Morgan fingerprint density at radius 2 is 2.33 bits per heavy atom. The number of rotatable bonds is 5. The van der Waals surface area contributed by atoms with Crippen LogP contribution in [0.5, 0.6) is 0 Å². The molecule has 1 unspecified atom stereocenters. The normalized spacial score (nSPS) is 16.7. The number of hydrogen-bond acceptors (Lipinski definition) is 3. The molecule has 0 bridgehead atoms. The number of halogens is 1. The lowest BCUT2D eigenvalue weighted by atomic mass is 10.2. The first-order chi connectivity index (χ1) is 8.58. The second-order valence-electron chi connectivity index (χ2n) is 4.83. The maximum atomic E-state index is 11.9. The van der Waals surface area contributed by atoms with Gasteiger partial charge in [0.05, 0.1) is 5.56 Å². The Labute approximate surface area is 116 Å². The molecule has 1 aliphatic carbocycles. The van der Waals surface area contributed by atoms with Gasteiger partial charge >= 0.3 is 0 Å². The second kappa shape index (κ2) is 5.80. The lowest BCUT2D eigenvalue weighted by molar-refractivity contribution is 0.0939. The number of nitrogens with zero attached hydrogens (tertiary/aromatic N) is 2. The van der Waals surface area contributed by atoms with Crippen LogP contribution in [0.3, 0.4) is 0 Å². The number of pyridine rings is 1. The van der Waals surface area contributed by atoms with Crippen LogP contribution in [-0.2, 0) is 0 Å². The van der Waals surface area contributed by atoms with Gasteiger partial charge in [0.15, 0.2) is 0 Å². The van der Waals surface area contributed by atoms with Crippen molar-refractivity contribution in [2.45, 2.75) is 31.8 Å². The molecule has 1 aromatic rings. The Hall–Kier alpha value is -0.940. The van der Waals surface area contributed by atoms with Gasteiger partial charge in [-0.15, -0.1) is 0 Å². The van der Waals surface area contributed by atoms with E-state index < -0.39 is 0 Å². The van der Waals surface area contributed by atoms with Gasteiger partial charge in [-0.05, 0) is 54.9 Å². The van der Waals surface area contributed by atoms with Gasteiger partial charge < -0.3 is 5.32 Å². The van der Waals surface area contributed by atoms with Gasteiger partial charge in [0.25, 0.3) is 5.91 Å². The second-order valence-corrected chi connectivity index (χ2v) is 5.64. The van der Waals surface area contributed by atoms with Gasteiger partial charge in [-0.3, -0.25) is 9.69 Å². The van der Waals surface area contributed by atoms with Crippen molar-refractivity contribution >= 4 is 21.8 Å². The van der Waals surface area contributed by atoms with Crippen LogP contribution < -0.4 is 5.32 Å². The first kappa shape index (κ1) is 13.5. The summed E-state index contributed by atoms with van der Waals surface area (Å²) in [5.41, 5.74) is 0.597. The van der Waals surface area contributed by atoms with Crippen LogP contribution in [0.2, 0.25) is 0 Å². The van der Waals surface area contributed by atoms with Crippen LogP contribution in [-0.4, -0.2) is 41.5 Å². The molecule has 1 aromatic heterocycles. The van der Waals surface area contributed by atoms with Gasteiger partial charge in [0.2, 0.25) is 0 Å². The highest BCUT2D eigenvalue weighted by atomic mass is 79.9. The van der Waals surface area contributed by atoms with Crippen LogP contribution in [0.1, 0.15) is 30.1 Å². The molecule has 1 atom stereocenters. The molecule has 98 valence electrons. The number of amides is 1. The number of nitrogens with one attached hydrogen (secondary N) is 1. The Bertz CT molecular complexity index is 417. The molecule has 4 nitrogen and oxygen atoms in total. The molecule has 2 rings (SSSR count). The summed E-state index contributed by atoms with van der Waals surface area (Å²) in [6.45, 7) is 2.81. The zero-order valence-corrected chi connectivity index (χ0v) is 12.3. The van der Waals surface area contributed by atoms with Gasteiger partial charge in [-0.1, -0.05) is 0 Å². The number of carbonyl (C=O) groups excluding carboxylic acids is 1. The van der Waals surface area contributed by atoms with Crippen LogP contribution in [0.25, 0.3) is 0 Å². The SMILES string of the molecule is CC(CNC(=O)c1ccc(Br)nc1)N(C)C1CC1. The van der Waals surface area contributed by atoms with E-state index in [-0.39, 0.29) is 5.91 Å². The van der Waals surface area contributed by atoms with Gasteiger partial charge in [-0.25, -0.2) is 4.98 Å². The van der Waals surface area contributed by atoms with E-state index in [0.29, 0.717) is 24.2 Å². The molecule has 1 fully saturated rings. The van der Waals surface area contributed by atoms with Crippen LogP contribution >= 0.6 is 15.9 Å². The molecule has 0 radical (unpaired) electrons. The lowest BCUT2D eigenvalue weighted by Gasteiger charge is -2.24. The first-order valence-corrected chi connectivity index (χ1v) is 6.99. The van der Waals surface area contributed by atoms with Crippen molar-refractivity contribution in [1.82, 2.24) is 15.2 Å². The molecule has 18 heavy (non-hydrogen) atoms. The number of likely N-dealkylation sites (N-methyl/N-ethyl adjacent to an activating group) is 1. The van der Waals surface area contributed by atoms with Gasteiger partial charge in [0.1, 0.15) is 4.60 Å². The third-order valence-electron chi connectivity index (χ3n) is 3.37. The minimum absolute atomic E-state index is 0.0638. The summed E-state index contributed by atoms with van der Waals surface area (Å²) >= 11 is 3.25. The molecule has 0 spiro atoms. The highest BCUT2D eigenvalue weighted by Gasteiger charge is 2.29. The van der Waals surface area contributed by atoms with Crippen molar-refractivity contribution in [3.8, 4) is 0 Å². The maximum Gasteiger partial charge on any atom is 0.252 e. The summed E-state index contributed by atoms with van der Waals surface area (Å²) < 4.78 is 0.737. The predicted octanol–water partition coefficient (Wildman–Crippen LogP) is 2.06. The summed E-state index contributed by atoms with van der Waals surface area (Å²) in [5.74, 6) is -0.0638. The molecular weight excluding hydrogens is 294 g/mol. The highest BCUT2D eigenvalue weighted by Crippen LogP contribution is 2.26. The summed E-state index contributed by atoms with van der Waals surface area (Å²) in [5, 5.41) is 2.95. The number of aromatic nitrogens is 1. The first-order valence-electron chi connectivity index (χ1n) is 6.19. The molecule has 1 heterocycles. The van der Waals surface area contributed by atoms with Crippen LogP contribution in [0.15, 0.2) is 22.9 Å². The Kier molecular flexibility index (Phi) is 4.35. The van der Waals surface area contributed by atoms with Crippen molar-refractivity contribution in [3.63, 3.8) is 0 Å². The topological polar surface area (TPSA) is 45.2 Å². The smallest absolute Gasteiger partial charge is 0.252 e. The standard InChI is InChI=1S/C13H18BrN3O/c1-9(17(2)11-4-5-11)7-16-13(18)10-3-6-12(14)15-8-10/h3,6,8-9,11H,4-5,7H2,1-2H3,(H,16,18). The van der Waals surface area contributed by atoms with Gasteiger partial charge in [0, 0.05) is 24.8 Å². The van der Waals surface area contributed by atoms with E-state index in [1.54, 1.807) is 18.3 Å². The Balaban J connectivity index is 1.82. The molecule has 0 aromatic carbocycles. The third-order valence-corrected chi connectivity index (χ3v) is 3.83. The van der Waals surface area contributed by atoms with E-state index in [9.17, 15) is 4.79 Å². The van der Waals surface area contributed by atoms with E-state index in [4.69, 9.17) is 0 Å². The predicted molar refractivity (Wildman–Crippen MR) is 74.5 cm³/mol. The van der Waals surface area contributed by atoms with E-state index >= 15 is 0 Å². The maximum absolute atomic E-state index is 11.9. The summed E-state index contributed by atoms with van der Waals surface area (Å²) in [7, 11) is 2.12. The number of carbonyl (C=O) groups is 1. The Morgan fingerprint density at radius 3 is 2.89 bits per heavy atom. The summed E-state index contributed by atoms with van der Waals surface area (Å²) in [4.78, 5) is 18.3. The number of hydrogen-bond donors (Lipinski definition) is 1. The zero-order chi connectivity index (χ0) is 13.1. The molecular formula is C13H18BrN3O. The zero-order valence-electron chi connectivity index (χ0n) is 10.7. The van der Waals surface area contributed by atoms with Crippen molar-refractivity contribution in [2.75, 3.05) is 13.6 Å². The quantitative estimate of drug-likeness (QED) is 0.847. The van der Waals surface area contributed by atoms with Crippen molar-refractivity contribution in [2.24, 2.45) is 0 Å². The van der Waals surface area contributed by atoms with Crippen LogP contribution in [0, 0.1) is 0 Å². The molecule has 1 amide bonds. The molecule has 1 N–H and O–H groups in total. The molecule has 1 aliphatic rings. The summed E-state index contributed by atoms with van der Waals surface area (Å²) in [6, 6.07) is 4.62. The van der Waals surface area contributed by atoms with Crippen molar-refractivity contribution < 1.29 is 4.79 Å². The van der Waals surface area contributed by atoms with Gasteiger partial charge in [-0.2, -0.15) is 0 Å². The fourth-order valence-corrected chi connectivity index (χ4v) is 2.07. The monoisotopic (exact) mass is 311 g/mol. The largest absolute Gasteiger partial charge is 0.350 e. The van der Waals surface area contributed by atoms with E-state index in [1.165, 1.54) is 12.8 Å². The molecule has 1 saturated carbocycles. The van der Waals surface area contributed by atoms with E-state index in [0.717, 1.165) is 4.60 Å². The molecule has 0 saturated heterocycles. The van der Waals surface area contributed by atoms with Crippen LogP contribution in [0.4, 0.5) is 0 Å². The van der Waals surface area contributed by atoms with Crippen molar-refractivity contribution in [1.29, 1.82) is 0 Å². The molecule has 5 heteroatoms. The summed E-state index contributed by atoms with van der Waals surface area (Å²) in [6.07, 6.45) is 4.14. The molecule has 0 aliphatic heterocycles.